The second-order valence-corrected chi connectivity index (χ2v) is 12.5. The van der Waals surface area contributed by atoms with Crippen LogP contribution in [0.5, 0.6) is 0 Å². The van der Waals surface area contributed by atoms with E-state index in [0.29, 0.717) is 37.2 Å². The number of rotatable bonds is 7. The van der Waals surface area contributed by atoms with E-state index in [4.69, 9.17) is 16.3 Å². The molecule has 1 atom stereocenters. The third-order valence-corrected chi connectivity index (χ3v) is 7.44. The topological polar surface area (TPSA) is 99.3 Å². The molecule has 1 aromatic rings. The molecule has 0 saturated carbocycles. The highest BCUT2D eigenvalue weighted by Gasteiger charge is 2.45. The molecular formula is C28H39ClF2N4O5. The fourth-order valence-corrected chi connectivity index (χ4v) is 5.48. The Bertz CT molecular complexity index is 1170. The van der Waals surface area contributed by atoms with Gasteiger partial charge < -0.3 is 24.8 Å². The maximum Gasteiger partial charge on any atom is 0.410 e. The van der Waals surface area contributed by atoms with Crippen molar-refractivity contribution >= 4 is 41.1 Å². The first kappa shape index (κ1) is 31.6. The Hall–Kier alpha value is -2.95. The summed E-state index contributed by atoms with van der Waals surface area (Å²) in [6.07, 6.45) is -2.21. The summed E-state index contributed by atoms with van der Waals surface area (Å²) in [6.45, 7) is 13.2. The van der Waals surface area contributed by atoms with Crippen LogP contribution in [0.2, 0.25) is 5.02 Å². The molecule has 0 spiro atoms. The van der Waals surface area contributed by atoms with Crippen molar-refractivity contribution in [2.24, 2.45) is 0 Å². The molecule has 4 amide bonds. The maximum atomic E-state index is 14.0. The molecule has 2 heterocycles. The van der Waals surface area contributed by atoms with Crippen LogP contribution >= 0.6 is 11.6 Å². The number of fused-ring (bicyclic) bond motifs is 1. The normalized spacial score (nSPS) is 18.7. The van der Waals surface area contributed by atoms with E-state index in [1.54, 1.807) is 56.6 Å². The van der Waals surface area contributed by atoms with Crippen LogP contribution in [0.4, 0.5) is 19.3 Å². The second kappa shape index (κ2) is 11.9. The number of likely N-dealkylation sites (tertiary alicyclic amines) is 1. The molecule has 0 unspecified atom stereocenters. The monoisotopic (exact) mass is 584 g/mol. The number of hydrogen-bond acceptors (Lipinski definition) is 5. The number of benzene rings is 1. The number of piperidine rings is 1. The van der Waals surface area contributed by atoms with E-state index in [1.807, 2.05) is 13.8 Å². The first-order valence-electron chi connectivity index (χ1n) is 13.5. The molecule has 9 nitrogen and oxygen atoms in total. The molecule has 0 radical (unpaired) electrons. The highest BCUT2D eigenvalue weighted by Crippen LogP contribution is 2.44. The third-order valence-electron chi connectivity index (χ3n) is 7.13. The van der Waals surface area contributed by atoms with Crippen molar-refractivity contribution in [2.45, 2.75) is 90.8 Å². The van der Waals surface area contributed by atoms with E-state index in [-0.39, 0.29) is 47.6 Å². The largest absolute Gasteiger partial charge is 0.444 e. The van der Waals surface area contributed by atoms with Crippen LogP contribution in [0.15, 0.2) is 12.1 Å². The number of hydrogen-bond donors (Lipinski definition) is 1. The smallest absolute Gasteiger partial charge is 0.410 e. The first-order chi connectivity index (χ1) is 18.5. The first-order valence-corrected chi connectivity index (χ1v) is 13.9. The molecule has 12 heteroatoms. The fraction of sp³-hybridized carbons (Fsp3) is 0.643. The number of anilines is 1. The Morgan fingerprint density at radius 1 is 1.23 bits per heavy atom. The zero-order valence-electron chi connectivity index (χ0n) is 24.1. The van der Waals surface area contributed by atoms with E-state index >= 15 is 0 Å². The van der Waals surface area contributed by atoms with Gasteiger partial charge in [0.15, 0.2) is 0 Å². The molecule has 222 valence electrons. The van der Waals surface area contributed by atoms with Gasteiger partial charge in [-0.05, 0) is 79.0 Å². The molecule has 1 N–H and O–H groups in total. The lowest BCUT2D eigenvalue weighted by molar-refractivity contribution is -0.131. The van der Waals surface area contributed by atoms with Crippen molar-refractivity contribution in [3.05, 3.63) is 28.3 Å². The number of carbonyl (C=O) groups is 4. The van der Waals surface area contributed by atoms with Crippen molar-refractivity contribution in [3.63, 3.8) is 0 Å². The highest BCUT2D eigenvalue weighted by molar-refractivity contribution is 6.34. The molecule has 40 heavy (non-hydrogen) atoms. The summed E-state index contributed by atoms with van der Waals surface area (Å²) in [5.74, 6) is -2.06. The lowest BCUT2D eigenvalue weighted by atomic mass is 9.85. The molecule has 2 aliphatic rings. The molecular weight excluding hydrogens is 546 g/mol. The van der Waals surface area contributed by atoms with Crippen LogP contribution in [0.3, 0.4) is 0 Å². The number of nitrogens with one attached hydrogen (secondary N) is 1. The minimum Gasteiger partial charge on any atom is -0.444 e. The van der Waals surface area contributed by atoms with Crippen LogP contribution in [-0.2, 0) is 19.7 Å². The molecule has 0 aliphatic carbocycles. The van der Waals surface area contributed by atoms with E-state index < -0.39 is 29.4 Å². The molecule has 1 saturated heterocycles. The summed E-state index contributed by atoms with van der Waals surface area (Å²) in [5, 5.41) is 2.30. The van der Waals surface area contributed by atoms with Gasteiger partial charge in [-0.3, -0.25) is 14.4 Å². The summed E-state index contributed by atoms with van der Waals surface area (Å²) < 4.78 is 30.8. The van der Waals surface area contributed by atoms with Crippen LogP contribution in [0.1, 0.15) is 77.2 Å². The summed E-state index contributed by atoms with van der Waals surface area (Å²) in [6, 6.07) is 2.66. The summed E-state index contributed by atoms with van der Waals surface area (Å²) in [4.78, 5) is 56.0. The number of ether oxygens (including phenoxy) is 1. The van der Waals surface area contributed by atoms with Gasteiger partial charge in [0.05, 0.1) is 22.0 Å². The van der Waals surface area contributed by atoms with Gasteiger partial charge in [-0.25, -0.2) is 4.79 Å². The molecule has 3 rings (SSSR count). The third kappa shape index (κ3) is 6.67. The van der Waals surface area contributed by atoms with E-state index in [2.05, 4.69) is 5.32 Å². The van der Waals surface area contributed by atoms with Gasteiger partial charge in [0.25, 0.3) is 11.8 Å². The van der Waals surface area contributed by atoms with Gasteiger partial charge in [-0.2, -0.15) is 8.78 Å². The lowest BCUT2D eigenvalue weighted by Gasteiger charge is -2.41. The van der Waals surface area contributed by atoms with Crippen LogP contribution < -0.4 is 10.2 Å². The molecule has 0 bridgehead atoms. The van der Waals surface area contributed by atoms with Crippen molar-refractivity contribution in [3.8, 4) is 0 Å². The minimum absolute atomic E-state index is 0.0512. The average molecular weight is 585 g/mol. The Balaban J connectivity index is 1.90. The molecule has 1 fully saturated rings. The predicted molar refractivity (Wildman–Crippen MR) is 148 cm³/mol. The molecule has 0 aromatic heterocycles. The van der Waals surface area contributed by atoms with E-state index in [1.165, 1.54) is 4.90 Å². The standard InChI is InChI=1S/C28H39ClF2N4O5/c1-16(2)35(17-9-8-11-33(15-17)26(39)40-27(3,4)5)24(37)18-13-21-19(14-20(18)29)28(6,7)25(38)34(21)12-10-32-23(36)22(30)31/h13-14,16-17,22H,8-12,15H2,1-7H3,(H,32,36)/t17-/m1/s1. The van der Waals surface area contributed by atoms with Crippen LogP contribution in [0.25, 0.3) is 0 Å². The minimum atomic E-state index is -3.16. The Morgan fingerprint density at radius 2 is 1.88 bits per heavy atom. The van der Waals surface area contributed by atoms with Crippen LogP contribution in [-0.4, -0.2) is 83.9 Å². The Kier molecular flexibility index (Phi) is 9.38. The number of nitrogens with zero attached hydrogens (tertiary/aromatic N) is 3. The van der Waals surface area contributed by atoms with Crippen molar-refractivity contribution in [1.82, 2.24) is 15.1 Å². The Morgan fingerprint density at radius 3 is 2.45 bits per heavy atom. The van der Waals surface area contributed by atoms with Crippen molar-refractivity contribution in [1.29, 1.82) is 0 Å². The van der Waals surface area contributed by atoms with Gasteiger partial charge in [-0.1, -0.05) is 11.6 Å². The number of halogens is 3. The quantitative estimate of drug-likeness (QED) is 0.505. The average Bonchev–Trinajstić information content (AvgIpc) is 3.02. The molecule has 2 aliphatic heterocycles. The maximum absolute atomic E-state index is 14.0. The van der Waals surface area contributed by atoms with Crippen LogP contribution in [0, 0.1) is 0 Å². The number of alkyl halides is 2. The molecule has 1 aromatic carbocycles. The number of carbonyl (C=O) groups excluding carboxylic acids is 4. The van der Waals surface area contributed by atoms with E-state index in [0.717, 1.165) is 0 Å². The van der Waals surface area contributed by atoms with Gasteiger partial charge in [0, 0.05) is 37.9 Å². The zero-order chi connectivity index (χ0) is 30.2. The van der Waals surface area contributed by atoms with E-state index in [9.17, 15) is 28.0 Å². The SMILES string of the molecule is CC(C)N(C(=O)c1cc2c(cc1Cl)C(C)(C)C(=O)N2CCNC(=O)C(F)F)[C@@H]1CCCN(C(=O)OC(C)(C)C)C1. The summed E-state index contributed by atoms with van der Waals surface area (Å²) in [7, 11) is 0. The second-order valence-electron chi connectivity index (χ2n) is 12.1. The van der Waals surface area contributed by atoms with Crippen molar-refractivity contribution in [2.75, 3.05) is 31.1 Å². The van der Waals surface area contributed by atoms with Gasteiger partial charge >= 0.3 is 12.5 Å². The van der Waals surface area contributed by atoms with Crippen molar-refractivity contribution < 1.29 is 32.7 Å². The van der Waals surface area contributed by atoms with Gasteiger partial charge in [0.2, 0.25) is 5.91 Å². The Labute approximate surface area is 239 Å². The highest BCUT2D eigenvalue weighted by atomic mass is 35.5. The van der Waals surface area contributed by atoms with Gasteiger partial charge in [-0.15, -0.1) is 0 Å². The fourth-order valence-electron chi connectivity index (χ4n) is 5.24. The number of amides is 4. The zero-order valence-corrected chi connectivity index (χ0v) is 24.9. The predicted octanol–water partition coefficient (Wildman–Crippen LogP) is 4.60. The van der Waals surface area contributed by atoms with Gasteiger partial charge in [0.1, 0.15) is 5.60 Å². The summed E-state index contributed by atoms with van der Waals surface area (Å²) >= 11 is 6.64. The summed E-state index contributed by atoms with van der Waals surface area (Å²) in [5.41, 5.74) is -0.381. The lowest BCUT2D eigenvalue weighted by Crippen LogP contribution is -2.54.